The van der Waals surface area contributed by atoms with Gasteiger partial charge < -0.3 is 5.73 Å². The van der Waals surface area contributed by atoms with E-state index in [2.05, 4.69) is 18.5 Å². The van der Waals surface area contributed by atoms with Crippen molar-refractivity contribution in [2.75, 3.05) is 0 Å². The smallest absolute Gasteiger partial charge is 0.0318 e. The highest BCUT2D eigenvalue weighted by molar-refractivity contribution is 5.24. The van der Waals surface area contributed by atoms with E-state index in [1.165, 1.54) is 11.1 Å². The minimum Gasteiger partial charge on any atom is -0.324 e. The molecule has 0 aliphatic carbocycles. The van der Waals surface area contributed by atoms with Crippen molar-refractivity contribution in [2.45, 2.75) is 32.7 Å². The van der Waals surface area contributed by atoms with Gasteiger partial charge in [0.25, 0.3) is 0 Å². The molecule has 0 fully saturated rings. The molecule has 2 N–H and O–H groups in total. The van der Waals surface area contributed by atoms with Crippen LogP contribution in [0.1, 0.15) is 36.9 Å². The fraction of sp³-hybridized carbons (Fsp3) is 0.417. The van der Waals surface area contributed by atoms with Crippen LogP contribution < -0.4 is 5.73 Å². The van der Waals surface area contributed by atoms with Crippen LogP contribution in [0.3, 0.4) is 0 Å². The molecule has 0 amide bonds. The van der Waals surface area contributed by atoms with Crippen LogP contribution in [0, 0.1) is 6.92 Å². The van der Waals surface area contributed by atoms with Crippen LogP contribution in [-0.2, 0) is 0 Å². The highest BCUT2D eigenvalue weighted by Crippen LogP contribution is 2.19. The summed E-state index contributed by atoms with van der Waals surface area (Å²) in [6.07, 6.45) is 5.58. The summed E-state index contributed by atoms with van der Waals surface area (Å²) >= 11 is 0. The SMILES string of the molecule is C=C(C)CCC(N)c1cnccc1C. The second-order valence-corrected chi connectivity index (χ2v) is 3.83. The van der Waals surface area contributed by atoms with E-state index in [4.69, 9.17) is 5.73 Å². The third-order valence-electron chi connectivity index (χ3n) is 2.36. The maximum absolute atomic E-state index is 6.06. The van der Waals surface area contributed by atoms with Gasteiger partial charge in [0.2, 0.25) is 0 Å². The fourth-order valence-electron chi connectivity index (χ4n) is 1.42. The second-order valence-electron chi connectivity index (χ2n) is 3.83. The standard InChI is InChI=1S/C12H18N2/c1-9(2)4-5-12(13)11-8-14-7-6-10(11)3/h6-8,12H,1,4-5,13H2,2-3H3. The molecule has 0 spiro atoms. The molecule has 0 aliphatic rings. The van der Waals surface area contributed by atoms with E-state index in [9.17, 15) is 0 Å². The third kappa shape index (κ3) is 2.96. The first-order valence-corrected chi connectivity index (χ1v) is 4.91. The van der Waals surface area contributed by atoms with Gasteiger partial charge in [0.1, 0.15) is 0 Å². The van der Waals surface area contributed by atoms with Crippen LogP contribution in [0.5, 0.6) is 0 Å². The van der Waals surface area contributed by atoms with Crippen LogP contribution in [0.15, 0.2) is 30.6 Å². The zero-order valence-corrected chi connectivity index (χ0v) is 8.96. The number of allylic oxidation sites excluding steroid dienone is 1. The zero-order valence-electron chi connectivity index (χ0n) is 8.96. The van der Waals surface area contributed by atoms with Crippen molar-refractivity contribution in [3.8, 4) is 0 Å². The molecule has 1 aromatic rings. The number of hydrogen-bond donors (Lipinski definition) is 1. The van der Waals surface area contributed by atoms with E-state index in [0.717, 1.165) is 18.4 Å². The van der Waals surface area contributed by atoms with E-state index >= 15 is 0 Å². The molecule has 0 radical (unpaired) electrons. The Labute approximate surface area is 85.9 Å². The van der Waals surface area contributed by atoms with E-state index in [0.29, 0.717) is 0 Å². The van der Waals surface area contributed by atoms with Crippen molar-refractivity contribution >= 4 is 0 Å². The van der Waals surface area contributed by atoms with Crippen LogP contribution >= 0.6 is 0 Å². The number of rotatable bonds is 4. The van der Waals surface area contributed by atoms with Crippen LogP contribution in [-0.4, -0.2) is 4.98 Å². The summed E-state index contributed by atoms with van der Waals surface area (Å²) in [6.45, 7) is 7.97. The van der Waals surface area contributed by atoms with Crippen molar-refractivity contribution < 1.29 is 0 Å². The number of nitrogens with two attached hydrogens (primary N) is 1. The third-order valence-corrected chi connectivity index (χ3v) is 2.36. The maximum Gasteiger partial charge on any atom is 0.0318 e. The van der Waals surface area contributed by atoms with Crippen LogP contribution in [0.2, 0.25) is 0 Å². The predicted molar refractivity (Wildman–Crippen MR) is 60.0 cm³/mol. The largest absolute Gasteiger partial charge is 0.324 e. The number of pyridine rings is 1. The summed E-state index contributed by atoms with van der Waals surface area (Å²) in [4.78, 5) is 4.09. The lowest BCUT2D eigenvalue weighted by Crippen LogP contribution is -2.12. The zero-order chi connectivity index (χ0) is 10.6. The average Bonchev–Trinajstić information content (AvgIpc) is 2.15. The Morgan fingerprint density at radius 1 is 1.64 bits per heavy atom. The summed E-state index contributed by atoms with van der Waals surface area (Å²) < 4.78 is 0. The Hall–Kier alpha value is -1.15. The highest BCUT2D eigenvalue weighted by atomic mass is 14.7. The molecule has 76 valence electrons. The maximum atomic E-state index is 6.06. The minimum absolute atomic E-state index is 0.0837. The Balaban J connectivity index is 2.65. The summed E-state index contributed by atoms with van der Waals surface area (Å²) in [5.74, 6) is 0. The van der Waals surface area contributed by atoms with Gasteiger partial charge in [-0.25, -0.2) is 0 Å². The van der Waals surface area contributed by atoms with Crippen molar-refractivity contribution in [1.82, 2.24) is 4.98 Å². The van der Waals surface area contributed by atoms with E-state index < -0.39 is 0 Å². The number of aromatic nitrogens is 1. The first-order chi connectivity index (χ1) is 6.61. The Bertz CT molecular complexity index is 318. The quantitative estimate of drug-likeness (QED) is 0.741. The van der Waals surface area contributed by atoms with Gasteiger partial charge in [-0.1, -0.05) is 5.57 Å². The van der Waals surface area contributed by atoms with Gasteiger partial charge in [-0.3, -0.25) is 4.98 Å². The number of hydrogen-bond acceptors (Lipinski definition) is 2. The van der Waals surface area contributed by atoms with Crippen molar-refractivity contribution in [2.24, 2.45) is 5.73 Å². The van der Waals surface area contributed by atoms with Crippen molar-refractivity contribution in [3.05, 3.63) is 41.7 Å². The summed E-state index contributed by atoms with van der Waals surface area (Å²) in [5, 5.41) is 0. The van der Waals surface area contributed by atoms with E-state index in [-0.39, 0.29) is 6.04 Å². The molecule has 1 aromatic heterocycles. The van der Waals surface area contributed by atoms with Gasteiger partial charge in [0.15, 0.2) is 0 Å². The van der Waals surface area contributed by atoms with Gasteiger partial charge in [-0.05, 0) is 43.9 Å². The summed E-state index contributed by atoms with van der Waals surface area (Å²) in [5.41, 5.74) is 9.61. The number of aryl methyl sites for hydroxylation is 1. The summed E-state index contributed by atoms with van der Waals surface area (Å²) in [6, 6.07) is 2.08. The van der Waals surface area contributed by atoms with Gasteiger partial charge >= 0.3 is 0 Å². The molecule has 1 unspecified atom stereocenters. The van der Waals surface area contributed by atoms with Gasteiger partial charge in [0, 0.05) is 18.4 Å². The second kappa shape index (κ2) is 4.91. The highest BCUT2D eigenvalue weighted by Gasteiger charge is 2.08. The van der Waals surface area contributed by atoms with Crippen LogP contribution in [0.25, 0.3) is 0 Å². The van der Waals surface area contributed by atoms with E-state index in [1.807, 2.05) is 19.2 Å². The molecular formula is C12H18N2. The average molecular weight is 190 g/mol. The molecule has 0 aromatic carbocycles. The fourth-order valence-corrected chi connectivity index (χ4v) is 1.42. The lowest BCUT2D eigenvalue weighted by Gasteiger charge is -2.13. The van der Waals surface area contributed by atoms with Gasteiger partial charge in [0.05, 0.1) is 0 Å². The van der Waals surface area contributed by atoms with Gasteiger partial charge in [-0.2, -0.15) is 0 Å². The number of nitrogens with zero attached hydrogens (tertiary/aromatic N) is 1. The molecular weight excluding hydrogens is 172 g/mol. The molecule has 0 bridgehead atoms. The first-order valence-electron chi connectivity index (χ1n) is 4.91. The normalized spacial score (nSPS) is 12.5. The molecule has 1 heterocycles. The van der Waals surface area contributed by atoms with Crippen LogP contribution in [0.4, 0.5) is 0 Å². The monoisotopic (exact) mass is 190 g/mol. The Morgan fingerprint density at radius 2 is 2.36 bits per heavy atom. The van der Waals surface area contributed by atoms with Crippen molar-refractivity contribution in [1.29, 1.82) is 0 Å². The molecule has 2 heteroatoms. The Kier molecular flexibility index (Phi) is 3.84. The van der Waals surface area contributed by atoms with Crippen molar-refractivity contribution in [3.63, 3.8) is 0 Å². The van der Waals surface area contributed by atoms with Gasteiger partial charge in [-0.15, -0.1) is 6.58 Å². The summed E-state index contributed by atoms with van der Waals surface area (Å²) in [7, 11) is 0. The Morgan fingerprint density at radius 3 is 2.93 bits per heavy atom. The predicted octanol–water partition coefficient (Wildman–Crippen LogP) is 2.75. The minimum atomic E-state index is 0.0837. The molecule has 1 rings (SSSR count). The molecule has 14 heavy (non-hydrogen) atoms. The topological polar surface area (TPSA) is 38.9 Å². The molecule has 1 atom stereocenters. The van der Waals surface area contributed by atoms with E-state index in [1.54, 1.807) is 6.20 Å². The lowest BCUT2D eigenvalue weighted by atomic mass is 9.99. The lowest BCUT2D eigenvalue weighted by molar-refractivity contribution is 0.643. The molecule has 0 aliphatic heterocycles. The molecule has 0 saturated carbocycles. The first kappa shape index (κ1) is 10.9. The molecule has 2 nitrogen and oxygen atoms in total. The molecule has 0 saturated heterocycles.